The van der Waals surface area contributed by atoms with Crippen LogP contribution in [-0.2, 0) is 9.53 Å². The van der Waals surface area contributed by atoms with Gasteiger partial charge < -0.3 is 19.5 Å². The molecule has 0 amide bonds. The van der Waals surface area contributed by atoms with Crippen LogP contribution in [-0.4, -0.2) is 32.8 Å². The molecule has 148 valence electrons. The molecule has 0 saturated carbocycles. The number of ketones is 1. The topological polar surface area (TPSA) is 56.8 Å². The third kappa shape index (κ3) is 3.62. The molecule has 0 unspecified atom stereocenters. The summed E-state index contributed by atoms with van der Waals surface area (Å²) in [5.41, 5.74) is 2.05. The van der Waals surface area contributed by atoms with Gasteiger partial charge in [-0.3, -0.25) is 4.79 Å². The molecule has 0 fully saturated rings. The van der Waals surface area contributed by atoms with Crippen LogP contribution in [0.2, 0.25) is 0 Å². The van der Waals surface area contributed by atoms with Crippen molar-refractivity contribution in [1.29, 1.82) is 0 Å². The first-order valence-electron chi connectivity index (χ1n) is 9.35. The third-order valence-corrected chi connectivity index (χ3v) is 4.97. The Labute approximate surface area is 166 Å². The van der Waals surface area contributed by atoms with E-state index in [0.717, 1.165) is 28.3 Å². The molecule has 0 spiro atoms. The fourth-order valence-electron chi connectivity index (χ4n) is 3.59. The van der Waals surface area contributed by atoms with Crippen LogP contribution < -0.4 is 14.8 Å². The SMILES string of the molecule is COc1ccc(C2=C(c3ccc(OC)cc3)C(=O)[C@](CC(C)C)(OC)N2)cc1. The fraction of sp³-hybridized carbons (Fsp3) is 0.348. The molecule has 1 atom stereocenters. The summed E-state index contributed by atoms with van der Waals surface area (Å²) in [5, 5.41) is 3.40. The largest absolute Gasteiger partial charge is 0.497 e. The highest BCUT2D eigenvalue weighted by molar-refractivity contribution is 6.34. The molecule has 0 aliphatic carbocycles. The second kappa shape index (κ2) is 8.07. The Morgan fingerprint density at radius 2 is 1.36 bits per heavy atom. The number of hydrogen-bond donors (Lipinski definition) is 1. The molecule has 1 heterocycles. The minimum Gasteiger partial charge on any atom is -0.497 e. The Balaban J connectivity index is 2.13. The summed E-state index contributed by atoms with van der Waals surface area (Å²) < 4.78 is 16.3. The quantitative estimate of drug-likeness (QED) is 0.781. The predicted molar refractivity (Wildman–Crippen MR) is 110 cm³/mol. The molecule has 1 N–H and O–H groups in total. The molecule has 0 saturated heterocycles. The second-order valence-electron chi connectivity index (χ2n) is 7.29. The summed E-state index contributed by atoms with van der Waals surface area (Å²) in [6, 6.07) is 15.2. The van der Waals surface area contributed by atoms with E-state index in [1.54, 1.807) is 21.3 Å². The van der Waals surface area contributed by atoms with Crippen molar-refractivity contribution >= 4 is 17.1 Å². The van der Waals surface area contributed by atoms with E-state index in [2.05, 4.69) is 19.2 Å². The first-order chi connectivity index (χ1) is 13.4. The summed E-state index contributed by atoms with van der Waals surface area (Å²) >= 11 is 0. The van der Waals surface area contributed by atoms with Crippen LogP contribution in [0.25, 0.3) is 11.3 Å². The monoisotopic (exact) mass is 381 g/mol. The second-order valence-corrected chi connectivity index (χ2v) is 7.29. The molecule has 0 bridgehead atoms. The molecule has 2 aromatic carbocycles. The first-order valence-corrected chi connectivity index (χ1v) is 9.35. The van der Waals surface area contributed by atoms with Gasteiger partial charge in [-0.15, -0.1) is 0 Å². The van der Waals surface area contributed by atoms with Gasteiger partial charge in [-0.25, -0.2) is 0 Å². The Morgan fingerprint density at radius 1 is 0.857 bits per heavy atom. The first kappa shape index (κ1) is 20.0. The molecule has 0 aromatic heterocycles. The van der Waals surface area contributed by atoms with Crippen LogP contribution in [0.1, 0.15) is 31.4 Å². The Morgan fingerprint density at radius 3 is 1.79 bits per heavy atom. The maximum Gasteiger partial charge on any atom is 0.217 e. The van der Waals surface area contributed by atoms with E-state index < -0.39 is 5.72 Å². The summed E-state index contributed by atoms with van der Waals surface area (Å²) in [6.45, 7) is 4.16. The van der Waals surface area contributed by atoms with Crippen LogP contribution in [0.3, 0.4) is 0 Å². The van der Waals surface area contributed by atoms with Crippen molar-refractivity contribution in [2.24, 2.45) is 5.92 Å². The highest BCUT2D eigenvalue weighted by atomic mass is 16.5. The zero-order valence-electron chi connectivity index (χ0n) is 17.0. The number of nitrogens with one attached hydrogen (secondary N) is 1. The van der Waals surface area contributed by atoms with Crippen LogP contribution in [0, 0.1) is 5.92 Å². The van der Waals surface area contributed by atoms with E-state index in [4.69, 9.17) is 14.2 Å². The average molecular weight is 381 g/mol. The standard InChI is InChI=1S/C23H27NO4/c1-15(2)14-23(28-5)22(25)20(16-6-10-18(26-3)11-7-16)21(24-23)17-8-12-19(27-4)13-9-17/h6-13,15,24H,14H2,1-5H3/t23-/m0/s1. The molecular formula is C23H27NO4. The van der Waals surface area contributed by atoms with Gasteiger partial charge in [0.2, 0.25) is 11.5 Å². The molecule has 5 nitrogen and oxygen atoms in total. The zero-order chi connectivity index (χ0) is 20.3. The van der Waals surface area contributed by atoms with Crippen molar-refractivity contribution in [2.75, 3.05) is 21.3 Å². The van der Waals surface area contributed by atoms with Gasteiger partial charge in [0.25, 0.3) is 0 Å². The number of carbonyl (C=O) groups is 1. The molecule has 3 rings (SSSR count). The summed E-state index contributed by atoms with van der Waals surface area (Å²) in [6.07, 6.45) is 0.571. The molecule has 28 heavy (non-hydrogen) atoms. The van der Waals surface area contributed by atoms with Crippen LogP contribution >= 0.6 is 0 Å². The van der Waals surface area contributed by atoms with E-state index in [0.29, 0.717) is 12.0 Å². The van der Waals surface area contributed by atoms with Crippen molar-refractivity contribution in [3.8, 4) is 11.5 Å². The average Bonchev–Trinajstić information content (AvgIpc) is 3.00. The molecule has 1 aliphatic rings. The van der Waals surface area contributed by atoms with Gasteiger partial charge in [0.15, 0.2) is 0 Å². The lowest BCUT2D eigenvalue weighted by Crippen LogP contribution is -2.49. The van der Waals surface area contributed by atoms with Crippen molar-refractivity contribution in [3.63, 3.8) is 0 Å². The number of hydrogen-bond acceptors (Lipinski definition) is 5. The van der Waals surface area contributed by atoms with Gasteiger partial charge in [0.05, 0.1) is 25.5 Å². The number of benzene rings is 2. The summed E-state index contributed by atoms with van der Waals surface area (Å²) in [5.74, 6) is 1.73. The van der Waals surface area contributed by atoms with Gasteiger partial charge in [-0.1, -0.05) is 26.0 Å². The number of rotatable bonds is 7. The van der Waals surface area contributed by atoms with Crippen LogP contribution in [0.5, 0.6) is 11.5 Å². The van der Waals surface area contributed by atoms with Gasteiger partial charge in [0.1, 0.15) is 11.5 Å². The zero-order valence-corrected chi connectivity index (χ0v) is 17.0. The lowest BCUT2D eigenvalue weighted by molar-refractivity contribution is -0.137. The number of carbonyl (C=O) groups excluding carboxylic acids is 1. The Bertz CT molecular complexity index is 868. The Kier molecular flexibility index (Phi) is 5.75. The van der Waals surface area contributed by atoms with E-state index in [1.807, 2.05) is 48.5 Å². The van der Waals surface area contributed by atoms with Crippen molar-refractivity contribution < 1.29 is 19.0 Å². The van der Waals surface area contributed by atoms with E-state index in [-0.39, 0.29) is 11.7 Å². The minimum absolute atomic E-state index is 0.0558. The number of methoxy groups -OCH3 is 3. The van der Waals surface area contributed by atoms with E-state index in [1.165, 1.54) is 0 Å². The predicted octanol–water partition coefficient (Wildman–Crippen LogP) is 4.13. The van der Waals surface area contributed by atoms with Crippen molar-refractivity contribution in [1.82, 2.24) is 5.32 Å². The van der Waals surface area contributed by atoms with Crippen LogP contribution in [0.15, 0.2) is 48.5 Å². The normalized spacial score (nSPS) is 19.1. The van der Waals surface area contributed by atoms with E-state index in [9.17, 15) is 4.79 Å². The molecular weight excluding hydrogens is 354 g/mol. The van der Waals surface area contributed by atoms with Gasteiger partial charge in [-0.2, -0.15) is 0 Å². The highest BCUT2D eigenvalue weighted by Crippen LogP contribution is 2.40. The number of Topliss-reactive ketones (excluding diaryl/α,β-unsaturated/α-hetero) is 1. The lowest BCUT2D eigenvalue weighted by atomic mass is 9.91. The minimum atomic E-state index is -1.07. The smallest absolute Gasteiger partial charge is 0.217 e. The molecule has 1 aliphatic heterocycles. The molecule has 5 heteroatoms. The Hall–Kier alpha value is -2.79. The van der Waals surface area contributed by atoms with Crippen molar-refractivity contribution in [3.05, 3.63) is 59.7 Å². The van der Waals surface area contributed by atoms with Crippen molar-refractivity contribution in [2.45, 2.75) is 26.0 Å². The summed E-state index contributed by atoms with van der Waals surface area (Å²) in [7, 11) is 4.83. The van der Waals surface area contributed by atoms with Crippen LogP contribution in [0.4, 0.5) is 0 Å². The maximum atomic E-state index is 13.6. The lowest BCUT2D eigenvalue weighted by Gasteiger charge is -2.29. The summed E-state index contributed by atoms with van der Waals surface area (Å²) in [4.78, 5) is 13.6. The van der Waals surface area contributed by atoms with Gasteiger partial charge in [0, 0.05) is 13.5 Å². The molecule has 2 aromatic rings. The fourth-order valence-corrected chi connectivity index (χ4v) is 3.59. The highest BCUT2D eigenvalue weighted by Gasteiger charge is 2.48. The van der Waals surface area contributed by atoms with Gasteiger partial charge >= 0.3 is 0 Å². The number of ether oxygens (including phenoxy) is 3. The maximum absolute atomic E-state index is 13.6. The van der Waals surface area contributed by atoms with E-state index >= 15 is 0 Å². The molecule has 0 radical (unpaired) electrons. The van der Waals surface area contributed by atoms with Gasteiger partial charge in [-0.05, 0) is 53.4 Å². The third-order valence-electron chi connectivity index (χ3n) is 4.97.